The lowest BCUT2D eigenvalue weighted by Gasteiger charge is -2.13. The number of cyclic esters (lactones) is 1. The standard InChI is InChI=1S/C22H20BrNO4/c1-4-10-27-20-17(23)11-15(13-19(20)26-5-2)12-18-22(25)28-21(24-18)16-9-7-6-8-14(16)3/h4,6-9,11-13H,1,5,10H2,2-3H3. The topological polar surface area (TPSA) is 57.1 Å². The molecule has 6 heteroatoms. The smallest absolute Gasteiger partial charge is 0.363 e. The van der Waals surface area contributed by atoms with Crippen molar-refractivity contribution in [1.82, 2.24) is 0 Å². The lowest BCUT2D eigenvalue weighted by Crippen LogP contribution is -2.06. The number of halogens is 1. The van der Waals surface area contributed by atoms with Crippen LogP contribution in [0.2, 0.25) is 0 Å². The van der Waals surface area contributed by atoms with Gasteiger partial charge >= 0.3 is 5.97 Å². The van der Waals surface area contributed by atoms with Gasteiger partial charge in [0.05, 0.1) is 11.1 Å². The number of hydrogen-bond acceptors (Lipinski definition) is 5. The van der Waals surface area contributed by atoms with Crippen LogP contribution in [0.1, 0.15) is 23.6 Å². The van der Waals surface area contributed by atoms with E-state index in [1.165, 1.54) is 0 Å². The minimum Gasteiger partial charge on any atom is -0.490 e. The molecule has 0 atom stereocenters. The van der Waals surface area contributed by atoms with Gasteiger partial charge in [-0.1, -0.05) is 30.9 Å². The number of esters is 1. The van der Waals surface area contributed by atoms with Gasteiger partial charge in [-0.25, -0.2) is 9.79 Å². The van der Waals surface area contributed by atoms with Crippen LogP contribution in [0, 0.1) is 6.92 Å². The fourth-order valence-corrected chi connectivity index (χ4v) is 3.29. The van der Waals surface area contributed by atoms with Gasteiger partial charge in [-0.3, -0.25) is 0 Å². The lowest BCUT2D eigenvalue weighted by molar-refractivity contribution is -0.129. The van der Waals surface area contributed by atoms with Gasteiger partial charge in [-0.05, 0) is 65.2 Å². The van der Waals surface area contributed by atoms with Gasteiger partial charge in [0.25, 0.3) is 0 Å². The van der Waals surface area contributed by atoms with Crippen molar-refractivity contribution < 1.29 is 19.0 Å². The molecule has 0 aliphatic carbocycles. The molecule has 1 aliphatic rings. The van der Waals surface area contributed by atoms with Crippen LogP contribution in [0.25, 0.3) is 6.08 Å². The minimum atomic E-state index is -0.487. The Balaban J connectivity index is 1.97. The Morgan fingerprint density at radius 2 is 2.04 bits per heavy atom. The summed E-state index contributed by atoms with van der Waals surface area (Å²) in [7, 11) is 0. The van der Waals surface area contributed by atoms with Crippen molar-refractivity contribution in [3.05, 3.63) is 75.9 Å². The Labute approximate surface area is 172 Å². The number of nitrogens with zero attached hydrogens (tertiary/aromatic N) is 1. The molecule has 1 heterocycles. The van der Waals surface area contributed by atoms with E-state index in [9.17, 15) is 4.79 Å². The van der Waals surface area contributed by atoms with Crippen LogP contribution >= 0.6 is 15.9 Å². The molecule has 0 unspecified atom stereocenters. The van der Waals surface area contributed by atoms with Crippen LogP contribution in [-0.4, -0.2) is 25.1 Å². The number of hydrogen-bond donors (Lipinski definition) is 0. The third kappa shape index (κ3) is 4.34. The van der Waals surface area contributed by atoms with Gasteiger partial charge in [0.1, 0.15) is 6.61 Å². The predicted octanol–water partition coefficient (Wildman–Crippen LogP) is 5.07. The molecular weight excluding hydrogens is 422 g/mol. The highest BCUT2D eigenvalue weighted by molar-refractivity contribution is 9.10. The van der Waals surface area contributed by atoms with Gasteiger partial charge in [-0.2, -0.15) is 0 Å². The summed E-state index contributed by atoms with van der Waals surface area (Å²) < 4.78 is 17.4. The molecule has 0 fully saturated rings. The number of ether oxygens (including phenoxy) is 3. The number of rotatable bonds is 7. The summed E-state index contributed by atoms with van der Waals surface area (Å²) in [5, 5.41) is 0. The zero-order valence-corrected chi connectivity index (χ0v) is 17.3. The third-order valence-corrected chi connectivity index (χ3v) is 4.57. The molecule has 0 radical (unpaired) electrons. The summed E-state index contributed by atoms with van der Waals surface area (Å²) in [5.41, 5.74) is 2.75. The lowest BCUT2D eigenvalue weighted by atomic mass is 10.1. The molecule has 5 nitrogen and oxygen atoms in total. The summed E-state index contributed by atoms with van der Waals surface area (Å²) in [6, 6.07) is 11.3. The van der Waals surface area contributed by atoms with Crippen molar-refractivity contribution in [1.29, 1.82) is 0 Å². The fraction of sp³-hybridized carbons (Fsp3) is 0.182. The molecule has 0 saturated heterocycles. The van der Waals surface area contributed by atoms with Gasteiger partial charge < -0.3 is 14.2 Å². The van der Waals surface area contributed by atoms with E-state index in [2.05, 4.69) is 27.5 Å². The SMILES string of the molecule is C=CCOc1c(Br)cc(C=C2N=C(c3ccccc3C)OC2=O)cc1OCC. The number of aryl methyl sites for hydroxylation is 1. The van der Waals surface area contributed by atoms with E-state index in [4.69, 9.17) is 14.2 Å². The van der Waals surface area contributed by atoms with Crippen molar-refractivity contribution in [2.45, 2.75) is 13.8 Å². The van der Waals surface area contributed by atoms with Crippen molar-refractivity contribution in [3.8, 4) is 11.5 Å². The fourth-order valence-electron chi connectivity index (χ4n) is 2.71. The molecule has 2 aromatic carbocycles. The maximum atomic E-state index is 12.3. The van der Waals surface area contributed by atoms with E-state index in [0.29, 0.717) is 35.1 Å². The normalized spacial score (nSPS) is 14.6. The van der Waals surface area contributed by atoms with Crippen molar-refractivity contribution in [3.63, 3.8) is 0 Å². The second-order valence-corrected chi connectivity index (χ2v) is 6.87. The number of aliphatic imine (C=N–C) groups is 1. The Morgan fingerprint density at radius 1 is 1.25 bits per heavy atom. The van der Waals surface area contributed by atoms with Crippen LogP contribution < -0.4 is 9.47 Å². The number of carbonyl (C=O) groups is 1. The van der Waals surface area contributed by atoms with Crippen LogP contribution in [0.15, 0.2) is 64.2 Å². The van der Waals surface area contributed by atoms with Gasteiger partial charge in [0.15, 0.2) is 17.2 Å². The highest BCUT2D eigenvalue weighted by Crippen LogP contribution is 2.38. The van der Waals surface area contributed by atoms with Gasteiger partial charge in [-0.15, -0.1) is 0 Å². The molecule has 2 aromatic rings. The van der Waals surface area contributed by atoms with Crippen LogP contribution in [0.4, 0.5) is 0 Å². The van der Waals surface area contributed by atoms with E-state index >= 15 is 0 Å². The average molecular weight is 442 g/mol. The maximum absolute atomic E-state index is 12.3. The minimum absolute atomic E-state index is 0.229. The van der Waals surface area contributed by atoms with E-state index < -0.39 is 5.97 Å². The molecule has 28 heavy (non-hydrogen) atoms. The molecule has 0 bridgehead atoms. The maximum Gasteiger partial charge on any atom is 0.363 e. The first-order valence-corrected chi connectivity index (χ1v) is 9.61. The molecule has 1 aliphatic heterocycles. The summed E-state index contributed by atoms with van der Waals surface area (Å²) in [5.74, 6) is 0.978. The number of benzene rings is 2. The molecule has 0 spiro atoms. The largest absolute Gasteiger partial charge is 0.490 e. The molecular formula is C22H20BrNO4. The third-order valence-electron chi connectivity index (χ3n) is 3.98. The highest BCUT2D eigenvalue weighted by Gasteiger charge is 2.25. The first-order chi connectivity index (χ1) is 13.5. The quantitative estimate of drug-likeness (QED) is 0.342. The zero-order valence-electron chi connectivity index (χ0n) is 15.7. The van der Waals surface area contributed by atoms with Gasteiger partial charge in [0, 0.05) is 5.56 Å². The second kappa shape index (κ2) is 8.89. The van der Waals surface area contributed by atoms with E-state index in [-0.39, 0.29) is 5.70 Å². The van der Waals surface area contributed by atoms with E-state index in [1.54, 1.807) is 18.2 Å². The van der Waals surface area contributed by atoms with E-state index in [1.807, 2.05) is 44.2 Å². The second-order valence-electron chi connectivity index (χ2n) is 6.01. The molecule has 0 N–H and O–H groups in total. The van der Waals surface area contributed by atoms with E-state index in [0.717, 1.165) is 16.7 Å². The van der Waals surface area contributed by atoms with Crippen LogP contribution in [0.3, 0.4) is 0 Å². The monoisotopic (exact) mass is 441 g/mol. The Hall–Kier alpha value is -2.86. The van der Waals surface area contributed by atoms with Gasteiger partial charge in [0.2, 0.25) is 5.90 Å². The van der Waals surface area contributed by atoms with Crippen LogP contribution in [0.5, 0.6) is 11.5 Å². The summed E-state index contributed by atoms with van der Waals surface area (Å²) in [6.07, 6.45) is 3.33. The van der Waals surface area contributed by atoms with Crippen LogP contribution in [-0.2, 0) is 9.53 Å². The molecule has 0 aromatic heterocycles. The summed E-state index contributed by atoms with van der Waals surface area (Å²) >= 11 is 3.50. The summed E-state index contributed by atoms with van der Waals surface area (Å²) in [6.45, 7) is 8.33. The predicted molar refractivity (Wildman–Crippen MR) is 113 cm³/mol. The molecule has 0 saturated carbocycles. The highest BCUT2D eigenvalue weighted by atomic mass is 79.9. The molecule has 3 rings (SSSR count). The molecule has 144 valence electrons. The molecule has 0 amide bonds. The first-order valence-electron chi connectivity index (χ1n) is 8.82. The van der Waals surface area contributed by atoms with Crippen molar-refractivity contribution in [2.24, 2.45) is 4.99 Å². The Kier molecular flexibility index (Phi) is 6.31. The Morgan fingerprint density at radius 3 is 2.75 bits per heavy atom. The van der Waals surface area contributed by atoms with Crippen molar-refractivity contribution in [2.75, 3.05) is 13.2 Å². The Bertz CT molecular complexity index is 978. The number of carbonyl (C=O) groups excluding carboxylic acids is 1. The zero-order chi connectivity index (χ0) is 20.1. The summed E-state index contributed by atoms with van der Waals surface area (Å²) in [4.78, 5) is 16.7. The average Bonchev–Trinajstić information content (AvgIpc) is 3.02. The first kappa shape index (κ1) is 19.9. The van der Waals surface area contributed by atoms with Crippen molar-refractivity contribution >= 4 is 33.9 Å².